The zero-order valence-corrected chi connectivity index (χ0v) is 17.1. The van der Waals surface area contributed by atoms with E-state index in [2.05, 4.69) is 23.1 Å². The summed E-state index contributed by atoms with van der Waals surface area (Å²) in [5, 5.41) is 0.738. The van der Waals surface area contributed by atoms with Crippen LogP contribution in [0.2, 0.25) is 5.02 Å². The second-order valence-corrected chi connectivity index (χ2v) is 10.1. The van der Waals surface area contributed by atoms with Crippen LogP contribution in [0.3, 0.4) is 0 Å². The lowest BCUT2D eigenvalue weighted by Gasteiger charge is -2.52. The van der Waals surface area contributed by atoms with Gasteiger partial charge in [-0.05, 0) is 55.1 Å². The third-order valence-corrected chi connectivity index (χ3v) is 7.27. The highest BCUT2D eigenvalue weighted by Crippen LogP contribution is 2.42. The van der Waals surface area contributed by atoms with Crippen molar-refractivity contribution in [2.45, 2.75) is 37.8 Å². The number of anilines is 1. The smallest absolute Gasteiger partial charge is 0.145 e. The first-order valence-corrected chi connectivity index (χ1v) is 11.7. The van der Waals surface area contributed by atoms with E-state index in [1.807, 2.05) is 30.3 Å². The lowest BCUT2D eigenvalue weighted by atomic mass is 9.78. The summed E-state index contributed by atoms with van der Waals surface area (Å²) in [5.41, 5.74) is 3.01. The Morgan fingerprint density at radius 1 is 1.15 bits per heavy atom. The summed E-state index contributed by atoms with van der Waals surface area (Å²) in [6.07, 6.45) is 5.51. The highest BCUT2D eigenvalue weighted by molar-refractivity contribution is 7.98. The van der Waals surface area contributed by atoms with E-state index in [-0.39, 0.29) is 5.54 Å². The molecule has 0 bridgehead atoms. The van der Waals surface area contributed by atoms with Gasteiger partial charge >= 0.3 is 0 Å². The van der Waals surface area contributed by atoms with Crippen LogP contribution in [0, 0.1) is 0 Å². The SMILES string of the molecule is C[S+](=O)([O-])N1CC2(CCCCN2Cc2ccc(Cl)cc2)Cc2ccccc21. The lowest BCUT2D eigenvalue weighted by molar-refractivity contribution is 0.0430. The molecule has 4 rings (SSSR count). The molecule has 0 aromatic heterocycles. The van der Waals surface area contributed by atoms with Crippen LogP contribution in [0.4, 0.5) is 5.69 Å². The molecular weight excluding hydrogens is 380 g/mol. The predicted octanol–water partition coefficient (Wildman–Crippen LogP) is 4.30. The number of fused-ring (bicyclic) bond motifs is 1. The number of likely N-dealkylation sites (tertiary alicyclic amines) is 1. The van der Waals surface area contributed by atoms with E-state index in [1.165, 1.54) is 11.8 Å². The second-order valence-electron chi connectivity index (χ2n) is 7.80. The number of nitrogens with zero attached hydrogens (tertiary/aromatic N) is 2. The number of rotatable bonds is 3. The third kappa shape index (κ3) is 3.79. The summed E-state index contributed by atoms with van der Waals surface area (Å²) in [7, 11) is -3.33. The topological polar surface area (TPSA) is 46.6 Å². The van der Waals surface area contributed by atoms with Crippen LogP contribution in [-0.4, -0.2) is 34.3 Å². The van der Waals surface area contributed by atoms with Crippen LogP contribution >= 0.6 is 11.6 Å². The van der Waals surface area contributed by atoms with Gasteiger partial charge in [-0.25, -0.2) is 0 Å². The van der Waals surface area contributed by atoms with Crippen molar-refractivity contribution in [2.75, 3.05) is 23.7 Å². The van der Waals surface area contributed by atoms with Gasteiger partial charge in [0.25, 0.3) is 0 Å². The van der Waals surface area contributed by atoms with Crippen molar-refractivity contribution in [3.63, 3.8) is 0 Å². The molecule has 1 spiro atoms. The Balaban J connectivity index is 1.70. The van der Waals surface area contributed by atoms with Gasteiger partial charge in [-0.15, -0.1) is 0 Å². The first-order chi connectivity index (χ1) is 12.9. The van der Waals surface area contributed by atoms with Crippen molar-refractivity contribution in [2.24, 2.45) is 0 Å². The molecule has 2 atom stereocenters. The molecule has 0 saturated carbocycles. The predicted molar refractivity (Wildman–Crippen MR) is 111 cm³/mol. The first-order valence-electron chi connectivity index (χ1n) is 9.43. The number of benzene rings is 2. The molecule has 0 aliphatic carbocycles. The summed E-state index contributed by atoms with van der Waals surface area (Å²) in [6.45, 7) is 2.33. The van der Waals surface area contributed by atoms with Gasteiger partial charge in [0.1, 0.15) is 16.7 Å². The van der Waals surface area contributed by atoms with E-state index >= 15 is 0 Å². The summed E-state index contributed by atoms with van der Waals surface area (Å²) in [6, 6.07) is 15.9. The highest BCUT2D eigenvalue weighted by Gasteiger charge is 2.47. The molecule has 4 nitrogen and oxygen atoms in total. The van der Waals surface area contributed by atoms with E-state index in [0.29, 0.717) is 6.54 Å². The third-order valence-electron chi connectivity index (χ3n) is 5.90. The van der Waals surface area contributed by atoms with E-state index in [0.717, 1.165) is 55.0 Å². The molecule has 2 heterocycles. The minimum absolute atomic E-state index is 0.157. The molecule has 0 N–H and O–H groups in total. The van der Waals surface area contributed by atoms with Crippen LogP contribution in [-0.2, 0) is 27.6 Å². The van der Waals surface area contributed by atoms with Gasteiger partial charge in [-0.1, -0.05) is 52.6 Å². The largest absolute Gasteiger partial charge is 0.593 e. The fourth-order valence-corrected chi connectivity index (χ4v) is 5.69. The molecule has 2 aliphatic rings. The Labute approximate surface area is 167 Å². The van der Waals surface area contributed by atoms with Gasteiger partial charge in [0.15, 0.2) is 0 Å². The van der Waals surface area contributed by atoms with E-state index in [1.54, 1.807) is 4.31 Å². The van der Waals surface area contributed by atoms with Crippen LogP contribution in [0.5, 0.6) is 0 Å². The normalized spacial score (nSPS) is 25.2. The fourth-order valence-electron chi connectivity index (χ4n) is 4.55. The fraction of sp³-hybridized carbons (Fsp3) is 0.429. The minimum atomic E-state index is -3.33. The summed E-state index contributed by atoms with van der Waals surface area (Å²) in [4.78, 5) is 2.49. The molecule has 0 amide bonds. The highest BCUT2D eigenvalue weighted by atomic mass is 35.5. The molecule has 144 valence electrons. The van der Waals surface area contributed by atoms with Crippen LogP contribution in [0.1, 0.15) is 30.4 Å². The maximum atomic E-state index is 12.6. The average Bonchev–Trinajstić information content (AvgIpc) is 2.64. The van der Waals surface area contributed by atoms with Crippen molar-refractivity contribution in [3.05, 3.63) is 64.7 Å². The van der Waals surface area contributed by atoms with Crippen molar-refractivity contribution >= 4 is 27.7 Å². The lowest BCUT2D eigenvalue weighted by Crippen LogP contribution is -2.62. The van der Waals surface area contributed by atoms with Crippen LogP contribution in [0.25, 0.3) is 0 Å². The maximum Gasteiger partial charge on any atom is 0.145 e. The molecule has 6 heteroatoms. The number of hydrogen-bond donors (Lipinski definition) is 0. The molecule has 2 unspecified atom stereocenters. The number of piperidine rings is 1. The monoisotopic (exact) mass is 404 g/mol. The quantitative estimate of drug-likeness (QED) is 0.716. The molecule has 0 radical (unpaired) electrons. The van der Waals surface area contributed by atoms with Gasteiger partial charge in [-0.3, -0.25) is 4.90 Å². The number of halogens is 1. The molecule has 2 aliphatic heterocycles. The van der Waals surface area contributed by atoms with Gasteiger partial charge in [0.05, 0.1) is 12.2 Å². The Morgan fingerprint density at radius 2 is 1.89 bits per heavy atom. The molecular formula is C21H25ClN2O2S. The number of hydrogen-bond acceptors (Lipinski definition) is 3. The second kappa shape index (κ2) is 7.21. The summed E-state index contributed by atoms with van der Waals surface area (Å²) < 4.78 is 26.8. The molecule has 27 heavy (non-hydrogen) atoms. The van der Waals surface area contributed by atoms with Gasteiger partial charge in [0.2, 0.25) is 0 Å². The molecule has 1 fully saturated rings. The summed E-state index contributed by atoms with van der Waals surface area (Å²) in [5.74, 6) is 0. The van der Waals surface area contributed by atoms with Crippen molar-refractivity contribution in [1.82, 2.24) is 4.90 Å². The van der Waals surface area contributed by atoms with Crippen molar-refractivity contribution in [1.29, 1.82) is 0 Å². The Hall–Kier alpha value is -1.40. The standard InChI is InChI=1S/C21H25ClN2O2S/c1-27(25,26)24-16-21(14-18-6-2-3-7-20(18)24)12-4-5-13-23(21)15-17-8-10-19(22)11-9-17/h2-3,6-11H,4-5,12-16H2,1H3. The zero-order valence-electron chi connectivity index (χ0n) is 15.6. The number of sulfonamides is 1. The van der Waals surface area contributed by atoms with Crippen molar-refractivity contribution in [3.8, 4) is 0 Å². The summed E-state index contributed by atoms with van der Waals surface area (Å²) >= 11 is 6.04. The Morgan fingerprint density at radius 3 is 2.63 bits per heavy atom. The molecule has 2 aromatic rings. The first kappa shape index (κ1) is 18.9. The van der Waals surface area contributed by atoms with Gasteiger partial charge in [0, 0.05) is 17.1 Å². The Bertz CT molecular complexity index is 867. The minimum Gasteiger partial charge on any atom is -0.593 e. The van der Waals surface area contributed by atoms with E-state index in [4.69, 9.17) is 11.6 Å². The van der Waals surface area contributed by atoms with Crippen LogP contribution in [0.15, 0.2) is 48.5 Å². The van der Waals surface area contributed by atoms with E-state index in [9.17, 15) is 8.76 Å². The zero-order chi connectivity index (χ0) is 19.1. The van der Waals surface area contributed by atoms with Crippen LogP contribution < -0.4 is 4.31 Å². The maximum absolute atomic E-state index is 12.6. The Kier molecular flexibility index (Phi) is 5.06. The van der Waals surface area contributed by atoms with Gasteiger partial charge in [-0.2, -0.15) is 4.31 Å². The van der Waals surface area contributed by atoms with Crippen molar-refractivity contribution < 1.29 is 8.76 Å². The molecule has 2 aromatic carbocycles. The number of para-hydroxylation sites is 1. The molecule has 1 saturated heterocycles. The average molecular weight is 405 g/mol. The van der Waals surface area contributed by atoms with E-state index < -0.39 is 10.4 Å². The van der Waals surface area contributed by atoms with Gasteiger partial charge < -0.3 is 4.55 Å².